The van der Waals surface area contributed by atoms with E-state index in [-0.39, 0.29) is 11.5 Å². The molecule has 0 unspecified atom stereocenters. The molecule has 0 amide bonds. The van der Waals surface area contributed by atoms with Crippen LogP contribution in [0.4, 0.5) is 0 Å². The van der Waals surface area contributed by atoms with Gasteiger partial charge in [0.25, 0.3) is 0 Å². The van der Waals surface area contributed by atoms with Gasteiger partial charge in [0.15, 0.2) is 0 Å². The summed E-state index contributed by atoms with van der Waals surface area (Å²) in [5.41, 5.74) is 1.29. The number of halogens is 2. The highest BCUT2D eigenvalue weighted by atomic mass is 35.5. The summed E-state index contributed by atoms with van der Waals surface area (Å²) in [6.45, 7) is 3.98. The first-order valence-electron chi connectivity index (χ1n) is 5.80. The van der Waals surface area contributed by atoms with E-state index in [0.29, 0.717) is 10.0 Å². The van der Waals surface area contributed by atoms with E-state index in [4.69, 9.17) is 23.2 Å². The van der Waals surface area contributed by atoms with Crippen LogP contribution in [0.25, 0.3) is 0 Å². The van der Waals surface area contributed by atoms with Gasteiger partial charge < -0.3 is 10.2 Å². The summed E-state index contributed by atoms with van der Waals surface area (Å²) in [5.74, 6) is 0.253. The molecule has 0 saturated heterocycles. The van der Waals surface area contributed by atoms with Crippen LogP contribution in [0.2, 0.25) is 10.0 Å². The Labute approximate surface area is 122 Å². The predicted molar refractivity (Wildman–Crippen MR) is 78.4 cm³/mol. The molecule has 2 aromatic rings. The van der Waals surface area contributed by atoms with Crippen LogP contribution in [-0.4, -0.2) is 10.2 Å². The van der Waals surface area contributed by atoms with Crippen LogP contribution in [0.5, 0.6) is 11.5 Å². The number of hydrogen-bond acceptors (Lipinski definition) is 2. The minimum Gasteiger partial charge on any atom is -0.508 e. The smallest absolute Gasteiger partial charge is 0.117 e. The minimum absolute atomic E-state index is 0.126. The molecule has 0 heterocycles. The van der Waals surface area contributed by atoms with Crippen LogP contribution in [0.3, 0.4) is 0 Å². The highest BCUT2D eigenvalue weighted by Gasteiger charge is 2.28. The Morgan fingerprint density at radius 3 is 1.47 bits per heavy atom. The van der Waals surface area contributed by atoms with Crippen LogP contribution < -0.4 is 0 Å². The number of rotatable bonds is 2. The average Bonchev–Trinajstić information content (AvgIpc) is 2.27. The Bertz CT molecular complexity index is 568. The molecule has 0 bridgehead atoms. The topological polar surface area (TPSA) is 40.5 Å². The first kappa shape index (κ1) is 14.0. The second kappa shape index (κ2) is 4.95. The maximum absolute atomic E-state index is 9.42. The van der Waals surface area contributed by atoms with Crippen LogP contribution in [0, 0.1) is 0 Å². The van der Waals surface area contributed by atoms with E-state index < -0.39 is 5.41 Å². The van der Waals surface area contributed by atoms with E-state index in [1.165, 1.54) is 12.1 Å². The first-order valence-corrected chi connectivity index (χ1v) is 6.56. The fourth-order valence-corrected chi connectivity index (χ4v) is 2.99. The average molecular weight is 297 g/mol. The molecule has 19 heavy (non-hydrogen) atoms. The predicted octanol–water partition coefficient (Wildman–Crippen LogP) is 4.73. The molecule has 2 rings (SSSR count). The molecule has 100 valence electrons. The van der Waals surface area contributed by atoms with Crippen molar-refractivity contribution in [2.24, 2.45) is 0 Å². The summed E-state index contributed by atoms with van der Waals surface area (Å²) < 4.78 is 0. The summed E-state index contributed by atoms with van der Waals surface area (Å²) in [4.78, 5) is 0. The summed E-state index contributed by atoms with van der Waals surface area (Å²) in [6, 6.07) is 9.76. The van der Waals surface area contributed by atoms with Gasteiger partial charge in [-0.1, -0.05) is 49.2 Å². The van der Waals surface area contributed by atoms with E-state index in [9.17, 15) is 10.2 Å². The quantitative estimate of drug-likeness (QED) is 0.841. The maximum atomic E-state index is 9.42. The molecule has 0 fully saturated rings. The Balaban J connectivity index is 2.58. The summed E-state index contributed by atoms with van der Waals surface area (Å²) in [5, 5.41) is 19.8. The van der Waals surface area contributed by atoms with Crippen LogP contribution >= 0.6 is 23.2 Å². The zero-order valence-corrected chi connectivity index (χ0v) is 12.1. The monoisotopic (exact) mass is 296 g/mol. The molecule has 0 aromatic heterocycles. The van der Waals surface area contributed by atoms with E-state index in [1.54, 1.807) is 24.3 Å². The third-order valence-corrected chi connectivity index (χ3v) is 3.88. The van der Waals surface area contributed by atoms with Gasteiger partial charge in [-0.2, -0.15) is 0 Å². The molecule has 0 aliphatic rings. The molecule has 2 nitrogen and oxygen atoms in total. The van der Waals surface area contributed by atoms with Gasteiger partial charge in [0, 0.05) is 15.5 Å². The lowest BCUT2D eigenvalue weighted by Gasteiger charge is -2.28. The molecule has 0 spiro atoms. The normalized spacial score (nSPS) is 11.6. The summed E-state index contributed by atoms with van der Waals surface area (Å²) >= 11 is 12.4. The Hall–Kier alpha value is -1.38. The van der Waals surface area contributed by atoms with Crippen molar-refractivity contribution in [2.45, 2.75) is 19.3 Å². The molecule has 0 aliphatic heterocycles. The second-order valence-electron chi connectivity index (χ2n) is 4.95. The largest absolute Gasteiger partial charge is 0.508 e. The van der Waals surface area contributed by atoms with Gasteiger partial charge in [0.1, 0.15) is 11.5 Å². The molecule has 2 aromatic carbocycles. The summed E-state index contributed by atoms with van der Waals surface area (Å²) in [7, 11) is 0. The van der Waals surface area contributed by atoms with Gasteiger partial charge in [-0.3, -0.25) is 0 Å². The van der Waals surface area contributed by atoms with Gasteiger partial charge in [0.2, 0.25) is 0 Å². The van der Waals surface area contributed by atoms with E-state index in [0.717, 1.165) is 11.1 Å². The number of phenols is 2. The molecule has 0 saturated carbocycles. The maximum Gasteiger partial charge on any atom is 0.117 e. The lowest BCUT2D eigenvalue weighted by molar-refractivity contribution is 0.474. The zero-order chi connectivity index (χ0) is 14.2. The lowest BCUT2D eigenvalue weighted by Crippen LogP contribution is -2.19. The molecular formula is C15H14Cl2O2. The van der Waals surface area contributed by atoms with Crippen molar-refractivity contribution in [1.29, 1.82) is 0 Å². The molecule has 0 radical (unpaired) electrons. The fraction of sp³-hybridized carbons (Fsp3) is 0.200. The highest BCUT2D eigenvalue weighted by molar-refractivity contribution is 6.32. The third-order valence-electron chi connectivity index (χ3n) is 3.25. The number of hydrogen-bond donors (Lipinski definition) is 2. The molecule has 2 N–H and O–H groups in total. The number of phenolic OH excluding ortho intramolecular Hbond substituents is 2. The van der Waals surface area contributed by atoms with Crippen molar-refractivity contribution >= 4 is 23.2 Å². The van der Waals surface area contributed by atoms with E-state index in [2.05, 4.69) is 0 Å². The first-order chi connectivity index (χ1) is 8.82. The van der Waals surface area contributed by atoms with Gasteiger partial charge >= 0.3 is 0 Å². The van der Waals surface area contributed by atoms with Crippen molar-refractivity contribution in [1.82, 2.24) is 0 Å². The Kier molecular flexibility index (Phi) is 3.66. The Morgan fingerprint density at radius 2 is 1.16 bits per heavy atom. The summed E-state index contributed by atoms with van der Waals surface area (Å²) in [6.07, 6.45) is 0. The number of benzene rings is 2. The number of aromatic hydroxyl groups is 2. The van der Waals surface area contributed by atoms with Crippen molar-refractivity contribution < 1.29 is 10.2 Å². The Morgan fingerprint density at radius 1 is 0.789 bits per heavy atom. The highest BCUT2D eigenvalue weighted by Crippen LogP contribution is 2.40. The SMILES string of the molecule is CC(C)(c1ccc(O)cc1Cl)c1ccc(O)cc1Cl. The van der Waals surface area contributed by atoms with Gasteiger partial charge in [-0.15, -0.1) is 0 Å². The fourth-order valence-electron chi connectivity index (χ4n) is 2.17. The van der Waals surface area contributed by atoms with Gasteiger partial charge in [0.05, 0.1) is 0 Å². The molecule has 0 atom stereocenters. The van der Waals surface area contributed by atoms with Crippen molar-refractivity contribution in [2.75, 3.05) is 0 Å². The van der Waals surface area contributed by atoms with Crippen LogP contribution in [0.15, 0.2) is 36.4 Å². The second-order valence-corrected chi connectivity index (χ2v) is 5.77. The molecular weight excluding hydrogens is 283 g/mol. The zero-order valence-electron chi connectivity index (χ0n) is 10.6. The standard InChI is InChI=1S/C15H14Cl2O2/c1-15(2,11-5-3-9(18)7-13(11)16)12-6-4-10(19)8-14(12)17/h3-8,18-19H,1-2H3. The van der Waals surface area contributed by atoms with Crippen LogP contribution in [-0.2, 0) is 5.41 Å². The van der Waals surface area contributed by atoms with Gasteiger partial charge in [-0.25, -0.2) is 0 Å². The van der Waals surface area contributed by atoms with Crippen molar-refractivity contribution in [3.05, 3.63) is 57.6 Å². The molecule has 0 aliphatic carbocycles. The molecule has 4 heteroatoms. The minimum atomic E-state index is -0.435. The van der Waals surface area contributed by atoms with Crippen LogP contribution in [0.1, 0.15) is 25.0 Å². The third kappa shape index (κ3) is 2.65. The van der Waals surface area contributed by atoms with E-state index >= 15 is 0 Å². The van der Waals surface area contributed by atoms with E-state index in [1.807, 2.05) is 13.8 Å². The lowest BCUT2D eigenvalue weighted by atomic mass is 9.78. The van der Waals surface area contributed by atoms with Crippen molar-refractivity contribution in [3.8, 4) is 11.5 Å². The van der Waals surface area contributed by atoms with Crippen molar-refractivity contribution in [3.63, 3.8) is 0 Å². The van der Waals surface area contributed by atoms with Gasteiger partial charge in [-0.05, 0) is 35.4 Å².